The number of nitrogens with zero attached hydrogens (tertiary/aromatic N) is 1. The number of aliphatic hydroxyl groups excluding tert-OH is 11. The van der Waals surface area contributed by atoms with Gasteiger partial charge in [-0.05, 0) is 120 Å². The monoisotopic (exact) mass is 1450 g/mol. The third-order valence-corrected chi connectivity index (χ3v) is 23.8. The number of hydrogen-bond donors (Lipinski definition) is 26. The van der Waals surface area contributed by atoms with E-state index in [4.69, 9.17) is 11.5 Å². The van der Waals surface area contributed by atoms with E-state index in [0.717, 1.165) is 96.4 Å². The van der Waals surface area contributed by atoms with Gasteiger partial charge in [-0.15, -0.1) is 11.7 Å². The van der Waals surface area contributed by atoms with Crippen molar-refractivity contribution in [2.24, 2.45) is 47.0 Å². The summed E-state index contributed by atoms with van der Waals surface area (Å²) in [6, 6.07) is -6.43. The number of hydrogen-bond acceptors (Lipinski definition) is 28. The van der Waals surface area contributed by atoms with Crippen LogP contribution in [0.15, 0.2) is 49.0 Å². The van der Waals surface area contributed by atoms with E-state index >= 15 is 0 Å². The number of nitrogens with two attached hydrogens (primary N) is 2. The molecular formula is C71H134N14O13S2. The van der Waals surface area contributed by atoms with E-state index < -0.39 is 135 Å². The predicted molar refractivity (Wildman–Crippen MR) is 395 cm³/mol. The normalized spacial score (nSPS) is 28.2. The summed E-state index contributed by atoms with van der Waals surface area (Å²) in [4.78, 5) is 14.5. The number of likely N-dealkylation sites (tertiary alicyclic amines) is 1. The number of nitrogens with one attached hydrogen (secondary N) is 11. The van der Waals surface area contributed by atoms with Gasteiger partial charge in [0.05, 0.1) is 49.3 Å². The Morgan fingerprint density at radius 2 is 1.23 bits per heavy atom. The Morgan fingerprint density at radius 3 is 1.87 bits per heavy atom. The number of fused-ring (bicyclic) bond motifs is 1. The molecule has 27 N–H and O–H groups in total. The third kappa shape index (κ3) is 28.1. The number of carboxylic acids is 1. The van der Waals surface area contributed by atoms with E-state index in [1.54, 1.807) is 6.08 Å². The van der Waals surface area contributed by atoms with Gasteiger partial charge in [-0.3, -0.25) is 46.9 Å². The molecule has 0 bridgehead atoms. The minimum Gasteiger partial charge on any atom is -0.481 e. The summed E-state index contributed by atoms with van der Waals surface area (Å²) in [5.41, 5.74) is 13.4. The average molecular weight is 1460 g/mol. The third-order valence-electron chi connectivity index (χ3n) is 22.9. The van der Waals surface area contributed by atoms with Gasteiger partial charge in [0.15, 0.2) is 0 Å². The standard InChI is InChI=1S/C71H134N14O13S2/c1-41(54(32-46-15-7-5-8-16-46)81-67(94)57(83-66(93)52(72)31-45-19-13-20-45)35-49-38-76-53-22-12-11-21-51(49)53)75-39-62(89)77-40-63(90)80-55(33-48-24-26-50(87)27-25-48)42(2)78-58(37-64(91)92)68(95)82-56(36-61(73)88)43(3)79-65(44(4)86)70(97)84-59(34-47-17-9-6-10-18-47)71(98)85-29-14-23-60(85)69(96)74-28-30-100-99/h24,26,44-63,65-71,74-84,86-90,93-99H,1-3,5-23,25,27-40,72-73H2,4H3,(H,91,92)/t44?,48?,49?,50?,51?,52?,53?,54-,55-,56-,57-,58-,59-,60-,61?,62?,63?,65-,66?,67?,68?,69?,70?,71?/m0/s1. The number of allylic oxidation sites excluding steroid dienone is 1. The van der Waals surface area contributed by atoms with Crippen molar-refractivity contribution in [3.8, 4) is 0 Å². The summed E-state index contributed by atoms with van der Waals surface area (Å²) in [6.07, 6.45) is 13.5. The zero-order valence-corrected chi connectivity index (χ0v) is 61.3. The molecule has 5 aliphatic carbocycles. The van der Waals surface area contributed by atoms with E-state index in [0.29, 0.717) is 106 Å². The number of aliphatic hydroxyl groups is 11. The molecule has 4 saturated carbocycles. The van der Waals surface area contributed by atoms with Crippen LogP contribution in [0.25, 0.3) is 0 Å². The van der Waals surface area contributed by atoms with Crippen molar-refractivity contribution < 1.29 is 66.1 Å². The molecule has 16 unspecified atom stereocenters. The van der Waals surface area contributed by atoms with Gasteiger partial charge in [-0.25, -0.2) is 0 Å². The van der Waals surface area contributed by atoms with Gasteiger partial charge in [0.2, 0.25) is 0 Å². The molecule has 0 spiro atoms. The lowest BCUT2D eigenvalue weighted by Crippen LogP contribution is -2.63. The van der Waals surface area contributed by atoms with E-state index in [2.05, 4.69) is 89.9 Å². The molecule has 100 heavy (non-hydrogen) atoms. The minimum absolute atomic E-state index is 0.0140. The number of aliphatic carboxylic acids is 1. The smallest absolute Gasteiger partial charge is 0.305 e. The van der Waals surface area contributed by atoms with Gasteiger partial charge < -0.3 is 94.0 Å². The number of carbonyl (C=O) groups is 1. The maximum Gasteiger partial charge on any atom is 0.305 e. The number of rotatable bonds is 49. The lowest BCUT2D eigenvalue weighted by atomic mass is 9.77. The molecule has 2 aliphatic heterocycles. The Kier molecular flexibility index (Phi) is 37.4. The van der Waals surface area contributed by atoms with E-state index in [-0.39, 0.29) is 42.7 Å². The summed E-state index contributed by atoms with van der Waals surface area (Å²) in [5, 5.41) is 172. The lowest BCUT2D eigenvalue weighted by molar-refractivity contribution is -0.138. The Morgan fingerprint density at radius 1 is 0.610 bits per heavy atom. The molecule has 24 atom stereocenters. The second-order valence-electron chi connectivity index (χ2n) is 30.7. The van der Waals surface area contributed by atoms with Crippen molar-refractivity contribution in [2.75, 3.05) is 38.5 Å². The Labute approximate surface area is 604 Å². The quantitative estimate of drug-likeness (QED) is 0.0129. The summed E-state index contributed by atoms with van der Waals surface area (Å²) >= 11 is 4.21. The molecule has 7 aliphatic rings. The van der Waals surface area contributed by atoms with Crippen LogP contribution in [0.4, 0.5) is 0 Å². The maximum atomic E-state index is 12.6. The van der Waals surface area contributed by atoms with Crippen LogP contribution in [0.2, 0.25) is 0 Å². The topological polar surface area (TPSA) is 447 Å². The van der Waals surface area contributed by atoms with Crippen LogP contribution < -0.4 is 70.0 Å². The molecule has 578 valence electrons. The minimum atomic E-state index is -1.71. The summed E-state index contributed by atoms with van der Waals surface area (Å²) in [5.74, 6) is 1.21. The van der Waals surface area contributed by atoms with Crippen molar-refractivity contribution >= 4 is 28.4 Å². The van der Waals surface area contributed by atoms with Crippen LogP contribution in [0.1, 0.15) is 187 Å². The van der Waals surface area contributed by atoms with Crippen molar-refractivity contribution in [3.05, 3.63) is 49.0 Å². The Bertz CT molecular complexity index is 2410. The largest absolute Gasteiger partial charge is 0.481 e. The lowest BCUT2D eigenvalue weighted by Gasteiger charge is -2.41. The van der Waals surface area contributed by atoms with Gasteiger partial charge in [-0.1, -0.05) is 139 Å². The first-order chi connectivity index (χ1) is 47.8. The maximum absolute atomic E-state index is 12.6. The summed E-state index contributed by atoms with van der Waals surface area (Å²) in [6.45, 7) is 16.0. The van der Waals surface area contributed by atoms with Crippen LogP contribution >= 0.6 is 22.5 Å². The zero-order valence-electron chi connectivity index (χ0n) is 59.6. The highest BCUT2D eigenvalue weighted by Gasteiger charge is 2.43. The van der Waals surface area contributed by atoms with E-state index in [1.165, 1.54) is 43.4 Å². The van der Waals surface area contributed by atoms with Crippen LogP contribution in [0.5, 0.6) is 0 Å². The van der Waals surface area contributed by atoms with Gasteiger partial charge in [0.25, 0.3) is 0 Å². The van der Waals surface area contributed by atoms with Crippen LogP contribution in [0, 0.1) is 35.5 Å². The first-order valence-electron chi connectivity index (χ1n) is 38.1. The average Bonchev–Trinajstić information content (AvgIpc) is 1.64. The molecule has 6 fully saturated rings. The first kappa shape index (κ1) is 84.9. The van der Waals surface area contributed by atoms with Gasteiger partial charge in [-0.2, -0.15) is 0 Å². The predicted octanol–water partition coefficient (Wildman–Crippen LogP) is 0.460. The highest BCUT2D eigenvalue weighted by atomic mass is 33.1. The molecule has 0 amide bonds. The van der Waals surface area contributed by atoms with Crippen molar-refractivity contribution in [3.63, 3.8) is 0 Å². The number of carboxylic acid groups (broad SMARTS) is 1. The van der Waals surface area contributed by atoms with E-state index in [9.17, 15) is 66.1 Å². The van der Waals surface area contributed by atoms with Gasteiger partial charge in [0.1, 0.15) is 56.1 Å². The second-order valence-corrected chi connectivity index (χ2v) is 32.1. The van der Waals surface area contributed by atoms with Gasteiger partial charge >= 0.3 is 5.97 Å². The molecule has 0 aromatic carbocycles. The summed E-state index contributed by atoms with van der Waals surface area (Å²) < 4.78 is 0. The van der Waals surface area contributed by atoms with Crippen molar-refractivity contribution in [1.29, 1.82) is 0 Å². The zero-order chi connectivity index (χ0) is 72.4. The molecule has 0 aromatic rings. The first-order valence-corrected chi connectivity index (χ1v) is 40.2. The number of thiol groups is 1. The highest BCUT2D eigenvalue weighted by Crippen LogP contribution is 2.38. The van der Waals surface area contributed by atoms with Crippen LogP contribution in [-0.4, -0.2) is 239 Å². The fourth-order valence-corrected chi connectivity index (χ4v) is 17.3. The molecular weight excluding hydrogens is 1320 g/mol. The van der Waals surface area contributed by atoms with E-state index in [1.807, 2.05) is 11.0 Å². The molecule has 2 saturated heterocycles. The van der Waals surface area contributed by atoms with Crippen molar-refractivity contribution in [1.82, 2.24) is 63.4 Å². The molecule has 7 rings (SSSR count). The molecule has 27 nitrogen and oxygen atoms in total. The summed E-state index contributed by atoms with van der Waals surface area (Å²) in [7, 11) is 1.35. The Balaban J connectivity index is 0.978. The second kappa shape index (κ2) is 44.1. The van der Waals surface area contributed by atoms with Crippen molar-refractivity contribution in [2.45, 2.75) is 315 Å². The van der Waals surface area contributed by atoms with Crippen LogP contribution in [0.3, 0.4) is 0 Å². The van der Waals surface area contributed by atoms with Crippen LogP contribution in [-0.2, 0) is 4.79 Å². The molecule has 29 heteroatoms. The fourth-order valence-electron chi connectivity index (χ4n) is 16.8. The molecule has 2 heterocycles. The highest BCUT2D eigenvalue weighted by molar-refractivity contribution is 8.68. The fraction of sp³-hybridized carbons (Fsp3) is 0.873. The SMILES string of the molecule is C=C(N[C@@H](CC(=O)O)C(O)N[C@@H](CC(N)O)C(=C)N[C@@H](C(C)O)C(O)N[C@@H](CC1CCCCC1)C(O)N1CCC[C@H]1C(O)NCCSS)[C@H](CC1C=CC(O)CC1)NC(O)CNC(O)CNC(=C)[C@H](CC1CCCCC1)NC(O)[C@H](CC1CNC2CCCCC12)NC(O)C(N)CC1CCC1. The molecule has 0 radical (unpaired) electrons. The molecule has 0 aromatic heterocycles. The van der Waals surface area contributed by atoms with Gasteiger partial charge in [0, 0.05) is 85.2 Å². The Hall–Kier alpha value is -2.35.